The summed E-state index contributed by atoms with van der Waals surface area (Å²) in [6.07, 6.45) is 7.89. The van der Waals surface area contributed by atoms with Crippen molar-refractivity contribution >= 4 is 45.5 Å². The SMILES string of the molecule is CCOc1cc2ncc(C#N)c(Nc3ccc(OCC4C=CCCN4)c(Cl)c3)c2cc1NC(=O)CCCN(C)C. The number of carbonyl (C=O) groups excluding carboxylic acids is 1. The third-order valence-corrected chi connectivity index (χ3v) is 6.67. The van der Waals surface area contributed by atoms with Gasteiger partial charge in [0.1, 0.15) is 24.2 Å². The third-order valence-electron chi connectivity index (χ3n) is 6.38. The predicted octanol–water partition coefficient (Wildman–Crippen LogP) is 5.48. The lowest BCUT2D eigenvalue weighted by Crippen LogP contribution is -2.35. The minimum atomic E-state index is -0.109. The van der Waals surface area contributed by atoms with Gasteiger partial charge in [0.05, 0.1) is 40.1 Å². The van der Waals surface area contributed by atoms with Crippen LogP contribution in [0, 0.1) is 11.3 Å². The molecule has 0 fully saturated rings. The van der Waals surface area contributed by atoms with Crippen molar-refractivity contribution in [2.45, 2.75) is 32.2 Å². The number of hydrogen-bond acceptors (Lipinski definition) is 8. The molecule has 1 aliphatic heterocycles. The van der Waals surface area contributed by atoms with Crippen LogP contribution >= 0.6 is 11.6 Å². The maximum absolute atomic E-state index is 12.7. The number of amides is 1. The second-order valence-electron chi connectivity index (χ2n) is 9.77. The maximum atomic E-state index is 12.7. The molecule has 1 aromatic heterocycles. The van der Waals surface area contributed by atoms with Crippen LogP contribution in [0.3, 0.4) is 0 Å². The molecule has 0 aliphatic carbocycles. The molecule has 3 N–H and O–H groups in total. The van der Waals surface area contributed by atoms with E-state index in [0.717, 1.165) is 25.9 Å². The summed E-state index contributed by atoms with van der Waals surface area (Å²) in [5.41, 5.74) is 2.73. The number of anilines is 3. The molecule has 4 rings (SSSR count). The van der Waals surface area contributed by atoms with E-state index in [1.165, 1.54) is 6.20 Å². The Kier molecular flexibility index (Phi) is 10.2. The number of ether oxygens (including phenoxy) is 2. The van der Waals surface area contributed by atoms with Gasteiger partial charge in [-0.2, -0.15) is 5.26 Å². The number of fused-ring (bicyclic) bond motifs is 1. The van der Waals surface area contributed by atoms with Gasteiger partial charge in [-0.05, 0) is 71.2 Å². The number of carbonyl (C=O) groups is 1. The molecule has 0 radical (unpaired) electrons. The fourth-order valence-electron chi connectivity index (χ4n) is 4.40. The first kappa shape index (κ1) is 29.2. The molecular weight excluding hydrogens is 528 g/mol. The fourth-order valence-corrected chi connectivity index (χ4v) is 4.63. The first-order valence-corrected chi connectivity index (χ1v) is 13.8. The van der Waals surface area contributed by atoms with E-state index in [1.54, 1.807) is 24.3 Å². The van der Waals surface area contributed by atoms with Crippen LogP contribution in [0.15, 0.2) is 48.7 Å². The van der Waals surface area contributed by atoms with Crippen LogP contribution in [0.25, 0.3) is 10.9 Å². The Morgan fingerprint density at radius 3 is 2.80 bits per heavy atom. The number of nitriles is 1. The monoisotopic (exact) mass is 562 g/mol. The summed E-state index contributed by atoms with van der Waals surface area (Å²) >= 11 is 6.56. The minimum absolute atomic E-state index is 0.109. The molecule has 1 amide bonds. The van der Waals surface area contributed by atoms with Crippen LogP contribution < -0.4 is 25.4 Å². The van der Waals surface area contributed by atoms with E-state index in [4.69, 9.17) is 21.1 Å². The number of hydrogen-bond donors (Lipinski definition) is 3. The third kappa shape index (κ3) is 7.63. The molecule has 210 valence electrons. The summed E-state index contributed by atoms with van der Waals surface area (Å²) in [6, 6.07) is 11.3. The molecule has 1 aliphatic rings. The maximum Gasteiger partial charge on any atom is 0.224 e. The molecular formula is C30H35ClN6O3. The highest BCUT2D eigenvalue weighted by Gasteiger charge is 2.17. The zero-order valence-corrected chi connectivity index (χ0v) is 23.8. The Morgan fingerprint density at radius 1 is 1.25 bits per heavy atom. The number of benzene rings is 2. The molecule has 2 heterocycles. The number of nitrogens with one attached hydrogen (secondary N) is 3. The van der Waals surface area contributed by atoms with Crippen LogP contribution in [-0.2, 0) is 4.79 Å². The molecule has 0 saturated heterocycles. The van der Waals surface area contributed by atoms with Crippen molar-refractivity contribution in [3.63, 3.8) is 0 Å². The second-order valence-corrected chi connectivity index (χ2v) is 10.2. The summed E-state index contributed by atoms with van der Waals surface area (Å²) in [6.45, 7) is 4.52. The average molecular weight is 563 g/mol. The van der Waals surface area contributed by atoms with Gasteiger partial charge in [0.25, 0.3) is 0 Å². The molecule has 1 atom stereocenters. The van der Waals surface area contributed by atoms with Gasteiger partial charge < -0.3 is 30.3 Å². The largest absolute Gasteiger partial charge is 0.492 e. The molecule has 10 heteroatoms. The summed E-state index contributed by atoms with van der Waals surface area (Å²) in [7, 11) is 3.95. The van der Waals surface area contributed by atoms with Crippen LogP contribution in [0.1, 0.15) is 31.7 Å². The van der Waals surface area contributed by atoms with E-state index < -0.39 is 0 Å². The summed E-state index contributed by atoms with van der Waals surface area (Å²) < 4.78 is 11.7. The van der Waals surface area contributed by atoms with Gasteiger partial charge in [-0.25, -0.2) is 0 Å². The molecule has 3 aromatic rings. The molecule has 40 heavy (non-hydrogen) atoms. The van der Waals surface area contributed by atoms with Crippen molar-refractivity contribution in [2.75, 3.05) is 51.0 Å². The number of nitrogens with zero attached hydrogens (tertiary/aromatic N) is 3. The molecule has 1 unspecified atom stereocenters. The number of aromatic nitrogens is 1. The van der Waals surface area contributed by atoms with E-state index >= 15 is 0 Å². The summed E-state index contributed by atoms with van der Waals surface area (Å²) in [5, 5.41) is 20.7. The van der Waals surface area contributed by atoms with Gasteiger partial charge in [0.2, 0.25) is 5.91 Å². The average Bonchev–Trinajstić information content (AvgIpc) is 2.94. The number of halogens is 1. The lowest BCUT2D eigenvalue weighted by molar-refractivity contribution is -0.116. The van der Waals surface area contributed by atoms with Gasteiger partial charge in [0.15, 0.2) is 0 Å². The normalized spacial score (nSPS) is 14.7. The van der Waals surface area contributed by atoms with Gasteiger partial charge in [-0.3, -0.25) is 9.78 Å². The van der Waals surface area contributed by atoms with E-state index in [2.05, 4.69) is 39.2 Å². The van der Waals surface area contributed by atoms with Gasteiger partial charge >= 0.3 is 0 Å². The Balaban J connectivity index is 1.60. The highest BCUT2D eigenvalue weighted by Crippen LogP contribution is 2.37. The lowest BCUT2D eigenvalue weighted by Gasteiger charge is -2.19. The minimum Gasteiger partial charge on any atom is -0.492 e. The van der Waals surface area contributed by atoms with Crippen molar-refractivity contribution in [3.05, 3.63) is 59.3 Å². The zero-order valence-electron chi connectivity index (χ0n) is 23.1. The Bertz CT molecular complexity index is 1420. The van der Waals surface area contributed by atoms with Gasteiger partial charge in [-0.15, -0.1) is 0 Å². The molecule has 0 bridgehead atoms. The molecule has 0 spiro atoms. The molecule has 9 nitrogen and oxygen atoms in total. The Morgan fingerprint density at radius 2 is 2.10 bits per heavy atom. The van der Waals surface area contributed by atoms with E-state index in [9.17, 15) is 10.1 Å². The van der Waals surface area contributed by atoms with Crippen molar-refractivity contribution < 1.29 is 14.3 Å². The van der Waals surface area contributed by atoms with Crippen LogP contribution in [0.4, 0.5) is 17.1 Å². The first-order chi connectivity index (χ1) is 19.4. The van der Waals surface area contributed by atoms with Crippen molar-refractivity contribution in [3.8, 4) is 17.6 Å². The Labute approximate surface area is 240 Å². The van der Waals surface area contributed by atoms with E-state index in [0.29, 0.717) is 69.7 Å². The number of rotatable bonds is 12. The highest BCUT2D eigenvalue weighted by atomic mass is 35.5. The standard InChI is InChI=1S/C30H35ClN6O3/c1-4-39-28-16-25-23(15-26(28)36-29(38)9-7-13-37(2)3)30(20(17-32)18-34-25)35-21-10-11-27(24(31)14-21)40-19-22-8-5-6-12-33-22/h5,8,10-11,14-16,18,22,33H,4,6-7,9,12-13,19H2,1-3H3,(H,34,35)(H,36,38). The van der Waals surface area contributed by atoms with Crippen LogP contribution in [0.5, 0.6) is 11.5 Å². The Hall–Kier alpha value is -3.84. The first-order valence-electron chi connectivity index (χ1n) is 13.4. The van der Waals surface area contributed by atoms with Crippen LogP contribution in [-0.4, -0.2) is 62.2 Å². The second kappa shape index (κ2) is 14.0. The lowest BCUT2D eigenvalue weighted by atomic mass is 10.1. The van der Waals surface area contributed by atoms with Gasteiger partial charge in [0, 0.05) is 29.8 Å². The summed E-state index contributed by atoms with van der Waals surface area (Å²) in [4.78, 5) is 19.2. The topological polar surface area (TPSA) is 112 Å². The van der Waals surface area contributed by atoms with Crippen molar-refractivity contribution in [1.29, 1.82) is 5.26 Å². The quantitative estimate of drug-likeness (QED) is 0.249. The highest BCUT2D eigenvalue weighted by molar-refractivity contribution is 6.32. The smallest absolute Gasteiger partial charge is 0.224 e. The van der Waals surface area contributed by atoms with E-state index in [1.807, 2.05) is 32.0 Å². The van der Waals surface area contributed by atoms with Crippen molar-refractivity contribution in [1.82, 2.24) is 15.2 Å². The predicted molar refractivity (Wildman–Crippen MR) is 160 cm³/mol. The zero-order chi connectivity index (χ0) is 28.5. The summed E-state index contributed by atoms with van der Waals surface area (Å²) in [5.74, 6) is 0.988. The van der Waals surface area contributed by atoms with E-state index in [-0.39, 0.29) is 11.9 Å². The van der Waals surface area contributed by atoms with Gasteiger partial charge in [-0.1, -0.05) is 23.8 Å². The molecule has 2 aromatic carbocycles. The van der Waals surface area contributed by atoms with Crippen molar-refractivity contribution in [2.24, 2.45) is 0 Å². The molecule has 0 saturated carbocycles. The van der Waals surface area contributed by atoms with Crippen LogP contribution in [0.2, 0.25) is 5.02 Å². The number of pyridine rings is 1. The fraction of sp³-hybridized carbons (Fsp3) is 0.367.